The number of hydrogen-bond acceptors (Lipinski definition) is 3. The summed E-state index contributed by atoms with van der Waals surface area (Å²) in [7, 11) is 2.13. The first-order valence-electron chi connectivity index (χ1n) is 7.42. The van der Waals surface area contributed by atoms with Crippen molar-refractivity contribution in [2.75, 3.05) is 13.6 Å². The Morgan fingerprint density at radius 1 is 1.19 bits per heavy atom. The van der Waals surface area contributed by atoms with E-state index in [2.05, 4.69) is 37.9 Å². The second-order valence-corrected chi connectivity index (χ2v) is 6.55. The van der Waals surface area contributed by atoms with Crippen LogP contribution in [-0.4, -0.2) is 18.5 Å². The molecule has 1 aromatic heterocycles. The fourth-order valence-electron chi connectivity index (χ4n) is 2.83. The molecule has 114 valence electrons. The highest BCUT2D eigenvalue weighted by Crippen LogP contribution is 2.32. The van der Waals surface area contributed by atoms with Crippen molar-refractivity contribution in [3.8, 4) is 0 Å². The molecule has 0 radical (unpaired) electrons. The first-order chi connectivity index (χ1) is 9.90. The zero-order valence-corrected chi connectivity index (χ0v) is 13.5. The lowest BCUT2D eigenvalue weighted by atomic mass is 9.80. The molecule has 2 aromatic rings. The van der Waals surface area contributed by atoms with Gasteiger partial charge in [-0.25, -0.2) is 0 Å². The number of nitrogens with zero attached hydrogens (tertiary/aromatic N) is 1. The first kappa shape index (κ1) is 15.8. The molecule has 21 heavy (non-hydrogen) atoms. The molecule has 0 aliphatic carbocycles. The molecule has 0 bridgehead atoms. The van der Waals surface area contributed by atoms with Gasteiger partial charge in [-0.1, -0.05) is 44.2 Å². The molecule has 0 aliphatic rings. The van der Waals surface area contributed by atoms with Gasteiger partial charge in [0.2, 0.25) is 0 Å². The van der Waals surface area contributed by atoms with Crippen LogP contribution in [0, 0.1) is 12.3 Å². The van der Waals surface area contributed by atoms with Crippen LogP contribution in [-0.2, 0) is 6.54 Å². The van der Waals surface area contributed by atoms with E-state index in [1.165, 1.54) is 11.1 Å². The molecule has 0 spiro atoms. The van der Waals surface area contributed by atoms with E-state index in [1.807, 2.05) is 31.2 Å². The van der Waals surface area contributed by atoms with Crippen LogP contribution in [0.4, 0.5) is 0 Å². The number of hydrogen-bond donors (Lipinski definition) is 1. The lowest BCUT2D eigenvalue weighted by Gasteiger charge is -2.35. The van der Waals surface area contributed by atoms with Crippen molar-refractivity contribution in [1.82, 2.24) is 4.90 Å². The molecule has 0 fully saturated rings. The quantitative estimate of drug-likeness (QED) is 0.879. The van der Waals surface area contributed by atoms with E-state index in [9.17, 15) is 0 Å². The maximum Gasteiger partial charge on any atom is 0.105 e. The van der Waals surface area contributed by atoms with Crippen molar-refractivity contribution in [2.45, 2.75) is 33.4 Å². The number of aryl methyl sites for hydroxylation is 1. The van der Waals surface area contributed by atoms with Crippen LogP contribution < -0.4 is 5.73 Å². The second-order valence-electron chi connectivity index (χ2n) is 6.55. The molecular formula is C18H26N2O. The van der Waals surface area contributed by atoms with Crippen molar-refractivity contribution in [2.24, 2.45) is 11.1 Å². The van der Waals surface area contributed by atoms with E-state index < -0.39 is 0 Å². The molecule has 3 heteroatoms. The lowest BCUT2D eigenvalue weighted by molar-refractivity contribution is 0.171. The summed E-state index contributed by atoms with van der Waals surface area (Å²) in [6.07, 6.45) is 1.75. The Balaban J connectivity index is 2.01. The van der Waals surface area contributed by atoms with Crippen molar-refractivity contribution in [3.05, 3.63) is 59.5 Å². The third kappa shape index (κ3) is 3.96. The van der Waals surface area contributed by atoms with Crippen LogP contribution in [0.1, 0.15) is 36.8 Å². The molecule has 1 heterocycles. The smallest absolute Gasteiger partial charge is 0.105 e. The van der Waals surface area contributed by atoms with Gasteiger partial charge in [0.15, 0.2) is 0 Å². The van der Waals surface area contributed by atoms with Crippen molar-refractivity contribution >= 4 is 0 Å². The van der Waals surface area contributed by atoms with Crippen LogP contribution in [0.25, 0.3) is 0 Å². The van der Waals surface area contributed by atoms with Crippen LogP contribution >= 0.6 is 0 Å². The average Bonchev–Trinajstić information content (AvgIpc) is 2.83. The third-order valence-electron chi connectivity index (χ3n) is 4.08. The molecule has 0 amide bonds. The largest absolute Gasteiger partial charge is 0.469 e. The van der Waals surface area contributed by atoms with E-state index in [4.69, 9.17) is 10.2 Å². The average molecular weight is 286 g/mol. The number of furan rings is 1. The maximum atomic E-state index is 6.48. The summed E-state index contributed by atoms with van der Waals surface area (Å²) in [5.74, 6) is 0.993. The summed E-state index contributed by atoms with van der Waals surface area (Å²) >= 11 is 0. The fraction of sp³-hybridized carbons (Fsp3) is 0.444. The molecule has 1 atom stereocenters. The minimum atomic E-state index is -0.00621. The molecule has 1 aromatic carbocycles. The van der Waals surface area contributed by atoms with Gasteiger partial charge in [0, 0.05) is 24.7 Å². The highest BCUT2D eigenvalue weighted by Gasteiger charge is 2.29. The van der Waals surface area contributed by atoms with Gasteiger partial charge in [0.1, 0.15) is 5.76 Å². The Labute approximate surface area is 127 Å². The van der Waals surface area contributed by atoms with Gasteiger partial charge in [-0.05, 0) is 31.0 Å². The highest BCUT2D eigenvalue weighted by molar-refractivity contribution is 5.21. The topological polar surface area (TPSA) is 42.4 Å². The molecule has 0 saturated heterocycles. The van der Waals surface area contributed by atoms with Crippen molar-refractivity contribution in [3.63, 3.8) is 0 Å². The van der Waals surface area contributed by atoms with Gasteiger partial charge >= 0.3 is 0 Å². The monoisotopic (exact) mass is 286 g/mol. The van der Waals surface area contributed by atoms with E-state index in [-0.39, 0.29) is 11.5 Å². The number of nitrogens with two attached hydrogens (primary N) is 1. The summed E-state index contributed by atoms with van der Waals surface area (Å²) in [6.45, 7) is 8.26. The minimum Gasteiger partial charge on any atom is -0.469 e. The predicted octanol–water partition coefficient (Wildman–Crippen LogP) is 3.75. The van der Waals surface area contributed by atoms with E-state index in [0.717, 1.165) is 18.8 Å². The third-order valence-corrected chi connectivity index (χ3v) is 4.08. The number of rotatable bonds is 6. The number of benzene rings is 1. The zero-order valence-electron chi connectivity index (χ0n) is 13.5. The van der Waals surface area contributed by atoms with Crippen molar-refractivity contribution < 1.29 is 4.42 Å². The summed E-state index contributed by atoms with van der Waals surface area (Å²) in [5.41, 5.74) is 8.90. The Hall–Kier alpha value is -1.58. The summed E-state index contributed by atoms with van der Waals surface area (Å²) in [4.78, 5) is 2.31. The van der Waals surface area contributed by atoms with Crippen LogP contribution in [0.15, 0.2) is 47.1 Å². The van der Waals surface area contributed by atoms with E-state index >= 15 is 0 Å². The fourth-order valence-corrected chi connectivity index (χ4v) is 2.83. The molecule has 0 saturated carbocycles. The Kier molecular flexibility index (Phi) is 4.86. The van der Waals surface area contributed by atoms with E-state index in [0.29, 0.717) is 0 Å². The van der Waals surface area contributed by atoms with Gasteiger partial charge in [0.25, 0.3) is 0 Å². The zero-order chi connectivity index (χ0) is 15.5. The summed E-state index contributed by atoms with van der Waals surface area (Å²) < 4.78 is 5.36. The van der Waals surface area contributed by atoms with Crippen LogP contribution in [0.5, 0.6) is 0 Å². The first-order valence-corrected chi connectivity index (χ1v) is 7.42. The van der Waals surface area contributed by atoms with Crippen molar-refractivity contribution in [1.29, 1.82) is 0 Å². The van der Waals surface area contributed by atoms with Crippen LogP contribution in [0.3, 0.4) is 0 Å². The maximum absolute atomic E-state index is 6.48. The van der Waals surface area contributed by atoms with Gasteiger partial charge < -0.3 is 15.1 Å². The van der Waals surface area contributed by atoms with E-state index in [1.54, 1.807) is 6.26 Å². The Bertz CT molecular complexity index is 560. The molecule has 3 nitrogen and oxygen atoms in total. The van der Waals surface area contributed by atoms with Gasteiger partial charge in [-0.3, -0.25) is 0 Å². The molecule has 2 N–H and O–H groups in total. The normalized spacial score (nSPS) is 13.6. The Morgan fingerprint density at radius 3 is 2.43 bits per heavy atom. The summed E-state index contributed by atoms with van der Waals surface area (Å²) in [5, 5.41) is 0. The van der Waals surface area contributed by atoms with Crippen LogP contribution in [0.2, 0.25) is 0 Å². The molecular weight excluding hydrogens is 260 g/mol. The minimum absolute atomic E-state index is 0.00621. The van der Waals surface area contributed by atoms with Gasteiger partial charge in [-0.15, -0.1) is 0 Å². The Morgan fingerprint density at radius 2 is 1.86 bits per heavy atom. The molecule has 2 rings (SSSR count). The predicted molar refractivity (Wildman–Crippen MR) is 86.9 cm³/mol. The lowest BCUT2D eigenvalue weighted by Crippen LogP contribution is -2.39. The highest BCUT2D eigenvalue weighted by atomic mass is 16.3. The van der Waals surface area contributed by atoms with Gasteiger partial charge in [0.05, 0.1) is 6.26 Å². The molecule has 1 unspecified atom stereocenters. The standard InChI is InChI=1S/C18H26N2O/c1-14-16(10-11-21-14)12-20(4)13-18(2,3)17(19)15-8-6-5-7-9-15/h5-11,17H,12-13,19H2,1-4H3. The molecule has 0 aliphatic heterocycles. The second kappa shape index (κ2) is 6.46. The summed E-state index contributed by atoms with van der Waals surface area (Å²) in [6, 6.07) is 12.4. The SMILES string of the molecule is Cc1occc1CN(C)CC(C)(C)C(N)c1ccccc1. The van der Waals surface area contributed by atoms with Gasteiger partial charge in [-0.2, -0.15) is 0 Å².